The van der Waals surface area contributed by atoms with Gasteiger partial charge < -0.3 is 5.32 Å². The van der Waals surface area contributed by atoms with E-state index < -0.39 is 0 Å². The van der Waals surface area contributed by atoms with E-state index in [2.05, 4.69) is 20.3 Å². The number of aromatic nitrogens is 3. The lowest BCUT2D eigenvalue weighted by atomic mass is 10.1. The Bertz CT molecular complexity index is 851. The van der Waals surface area contributed by atoms with E-state index in [9.17, 15) is 9.18 Å². The molecule has 3 rings (SSSR count). The number of halogens is 1. The van der Waals surface area contributed by atoms with Crippen molar-refractivity contribution in [1.82, 2.24) is 20.3 Å². The summed E-state index contributed by atoms with van der Waals surface area (Å²) in [6, 6.07) is 8.27. The van der Waals surface area contributed by atoms with Gasteiger partial charge in [-0.2, -0.15) is 0 Å². The molecule has 0 atom stereocenters. The fourth-order valence-corrected chi connectivity index (χ4v) is 3.14. The van der Waals surface area contributed by atoms with Crippen molar-refractivity contribution < 1.29 is 9.18 Å². The number of thiazole rings is 1. The number of nitrogens with one attached hydrogen (secondary N) is 1. The van der Waals surface area contributed by atoms with E-state index in [-0.39, 0.29) is 11.7 Å². The van der Waals surface area contributed by atoms with Crippen LogP contribution < -0.4 is 5.32 Å². The summed E-state index contributed by atoms with van der Waals surface area (Å²) < 4.78 is 13.6. The zero-order valence-corrected chi connectivity index (χ0v) is 13.8. The maximum Gasteiger partial charge on any atom is 0.263 e. The first-order chi connectivity index (χ1) is 11.6. The quantitative estimate of drug-likeness (QED) is 0.774. The highest BCUT2D eigenvalue weighted by molar-refractivity contribution is 7.17. The molecule has 24 heavy (non-hydrogen) atoms. The predicted molar refractivity (Wildman–Crippen MR) is 90.3 cm³/mol. The summed E-state index contributed by atoms with van der Waals surface area (Å²) in [7, 11) is 0. The Kier molecular flexibility index (Phi) is 4.90. The number of rotatable bonds is 5. The van der Waals surface area contributed by atoms with E-state index in [0.29, 0.717) is 39.9 Å². The van der Waals surface area contributed by atoms with Gasteiger partial charge in [-0.25, -0.2) is 19.3 Å². The lowest BCUT2D eigenvalue weighted by Crippen LogP contribution is -2.25. The third kappa shape index (κ3) is 3.62. The van der Waals surface area contributed by atoms with E-state index in [1.807, 2.05) is 0 Å². The van der Waals surface area contributed by atoms with Crippen molar-refractivity contribution in [2.24, 2.45) is 0 Å². The molecule has 1 amide bonds. The summed E-state index contributed by atoms with van der Waals surface area (Å²) in [4.78, 5) is 25.5. The fourth-order valence-electron chi connectivity index (χ4n) is 2.20. The Morgan fingerprint density at radius 3 is 2.71 bits per heavy atom. The highest BCUT2D eigenvalue weighted by atomic mass is 32.1. The van der Waals surface area contributed by atoms with Crippen LogP contribution in [0.25, 0.3) is 10.8 Å². The Morgan fingerprint density at radius 2 is 1.96 bits per heavy atom. The van der Waals surface area contributed by atoms with Crippen LogP contribution in [-0.2, 0) is 6.42 Å². The largest absolute Gasteiger partial charge is 0.351 e. The Morgan fingerprint density at radius 1 is 1.21 bits per heavy atom. The maximum absolute atomic E-state index is 13.6. The van der Waals surface area contributed by atoms with Gasteiger partial charge in [0.05, 0.1) is 5.69 Å². The smallest absolute Gasteiger partial charge is 0.263 e. The summed E-state index contributed by atoms with van der Waals surface area (Å²) in [5, 5.41) is 3.41. The summed E-state index contributed by atoms with van der Waals surface area (Å²) in [6.07, 6.45) is 3.70. The second kappa shape index (κ2) is 7.27. The molecule has 1 N–H and O–H groups in total. The molecular weight excluding hydrogens is 327 g/mol. The average Bonchev–Trinajstić information content (AvgIpc) is 2.99. The van der Waals surface area contributed by atoms with E-state index in [1.165, 1.54) is 17.4 Å². The monoisotopic (exact) mass is 342 g/mol. The molecule has 1 aromatic carbocycles. The minimum absolute atomic E-state index is 0.219. The molecule has 2 aromatic heterocycles. The summed E-state index contributed by atoms with van der Waals surface area (Å²) >= 11 is 1.25. The number of benzene rings is 1. The number of carbonyl (C=O) groups excluding carboxylic acids is 1. The highest BCUT2D eigenvalue weighted by Gasteiger charge is 2.17. The Balaban J connectivity index is 1.65. The number of amides is 1. The molecule has 5 nitrogen and oxygen atoms in total. The zero-order valence-electron chi connectivity index (χ0n) is 13.0. The molecule has 2 heterocycles. The molecule has 0 bridgehead atoms. The van der Waals surface area contributed by atoms with Crippen LogP contribution in [0.15, 0.2) is 42.7 Å². The van der Waals surface area contributed by atoms with Gasteiger partial charge in [0.2, 0.25) is 0 Å². The van der Waals surface area contributed by atoms with Crippen molar-refractivity contribution >= 4 is 17.2 Å². The minimum Gasteiger partial charge on any atom is -0.351 e. The minimum atomic E-state index is -0.260. The van der Waals surface area contributed by atoms with Crippen molar-refractivity contribution in [1.29, 1.82) is 0 Å². The molecule has 0 aliphatic carbocycles. The van der Waals surface area contributed by atoms with Gasteiger partial charge >= 0.3 is 0 Å². The second-order valence-electron chi connectivity index (χ2n) is 5.10. The first-order valence-corrected chi connectivity index (χ1v) is 8.23. The first kappa shape index (κ1) is 16.2. The number of hydrogen-bond acceptors (Lipinski definition) is 5. The topological polar surface area (TPSA) is 67.8 Å². The van der Waals surface area contributed by atoms with Gasteiger partial charge in [-0.1, -0.05) is 18.2 Å². The van der Waals surface area contributed by atoms with Gasteiger partial charge in [-0.3, -0.25) is 4.79 Å². The van der Waals surface area contributed by atoms with Gasteiger partial charge in [-0.15, -0.1) is 11.3 Å². The lowest BCUT2D eigenvalue weighted by molar-refractivity contribution is 0.0957. The van der Waals surface area contributed by atoms with Crippen LogP contribution in [0.5, 0.6) is 0 Å². The maximum atomic E-state index is 13.6. The molecule has 0 aliphatic rings. The summed E-state index contributed by atoms with van der Waals surface area (Å²) in [6.45, 7) is 2.13. The third-order valence-electron chi connectivity index (χ3n) is 3.40. The van der Waals surface area contributed by atoms with Crippen molar-refractivity contribution in [2.75, 3.05) is 6.54 Å². The molecular formula is C17H15FN4OS. The molecule has 122 valence electrons. The van der Waals surface area contributed by atoms with E-state index >= 15 is 0 Å². The van der Waals surface area contributed by atoms with E-state index in [4.69, 9.17) is 0 Å². The molecule has 0 spiro atoms. The number of carbonyl (C=O) groups is 1. The average molecular weight is 342 g/mol. The van der Waals surface area contributed by atoms with Crippen LogP contribution in [0.4, 0.5) is 4.39 Å². The highest BCUT2D eigenvalue weighted by Crippen LogP contribution is 2.24. The Hall–Kier alpha value is -2.67. The molecule has 0 radical (unpaired) electrons. The molecule has 0 unspecified atom stereocenters. The van der Waals surface area contributed by atoms with Gasteiger partial charge in [0.15, 0.2) is 10.8 Å². The van der Waals surface area contributed by atoms with E-state index in [1.54, 1.807) is 43.6 Å². The fraction of sp³-hybridized carbons (Fsp3) is 0.176. The van der Waals surface area contributed by atoms with Crippen LogP contribution in [0.3, 0.4) is 0 Å². The zero-order chi connectivity index (χ0) is 16.9. The Labute approximate surface area is 142 Å². The van der Waals surface area contributed by atoms with Gasteiger partial charge in [0.1, 0.15) is 10.7 Å². The van der Waals surface area contributed by atoms with Gasteiger partial charge in [0, 0.05) is 18.9 Å². The van der Waals surface area contributed by atoms with Crippen LogP contribution in [0.1, 0.15) is 20.9 Å². The van der Waals surface area contributed by atoms with Crippen molar-refractivity contribution in [3.63, 3.8) is 0 Å². The third-order valence-corrected chi connectivity index (χ3v) is 4.55. The number of aryl methyl sites for hydroxylation is 1. The summed E-state index contributed by atoms with van der Waals surface area (Å²) in [5.41, 5.74) is 1.21. The van der Waals surface area contributed by atoms with Crippen LogP contribution in [0, 0.1) is 12.7 Å². The van der Waals surface area contributed by atoms with Gasteiger partial charge in [-0.05, 0) is 31.0 Å². The first-order valence-electron chi connectivity index (χ1n) is 7.41. The van der Waals surface area contributed by atoms with E-state index in [0.717, 1.165) is 0 Å². The lowest BCUT2D eigenvalue weighted by Gasteiger charge is -2.05. The SMILES string of the molecule is Cc1nc(-c2ncccn2)sc1C(=O)NCCc1ccccc1F. The van der Waals surface area contributed by atoms with Crippen LogP contribution in [0.2, 0.25) is 0 Å². The molecule has 7 heteroatoms. The number of hydrogen-bond donors (Lipinski definition) is 1. The second-order valence-corrected chi connectivity index (χ2v) is 6.10. The molecule has 0 aliphatic heterocycles. The predicted octanol–water partition coefficient (Wildman–Crippen LogP) is 3.02. The molecule has 3 aromatic rings. The standard InChI is InChI=1S/C17H15FN4OS/c1-11-14(24-17(22-11)15-19-8-4-9-20-15)16(23)21-10-7-12-5-2-3-6-13(12)18/h2-6,8-9H,7,10H2,1H3,(H,21,23). The van der Waals surface area contributed by atoms with Crippen LogP contribution in [-0.4, -0.2) is 27.4 Å². The normalized spacial score (nSPS) is 10.6. The summed E-state index contributed by atoms with van der Waals surface area (Å²) in [5.74, 6) is 0.0174. The molecule has 0 saturated heterocycles. The molecule has 0 saturated carbocycles. The van der Waals surface area contributed by atoms with Crippen molar-refractivity contribution in [2.45, 2.75) is 13.3 Å². The van der Waals surface area contributed by atoms with Crippen LogP contribution >= 0.6 is 11.3 Å². The van der Waals surface area contributed by atoms with Crippen molar-refractivity contribution in [3.8, 4) is 10.8 Å². The van der Waals surface area contributed by atoms with Gasteiger partial charge in [0.25, 0.3) is 5.91 Å². The number of nitrogens with zero attached hydrogens (tertiary/aromatic N) is 3. The van der Waals surface area contributed by atoms with Crippen molar-refractivity contribution in [3.05, 3.63) is 64.7 Å². The molecule has 0 fully saturated rings.